The highest BCUT2D eigenvalue weighted by atomic mass is 79.9. The number of hydrogen-bond acceptors (Lipinski definition) is 4. The minimum absolute atomic E-state index is 0.0968. The van der Waals surface area contributed by atoms with Crippen LogP contribution in [0.3, 0.4) is 0 Å². The van der Waals surface area contributed by atoms with Crippen LogP contribution in [0.4, 0.5) is 4.39 Å². The van der Waals surface area contributed by atoms with Gasteiger partial charge in [-0.3, -0.25) is 4.99 Å². The highest BCUT2D eigenvalue weighted by Crippen LogP contribution is 2.36. The van der Waals surface area contributed by atoms with E-state index < -0.39 is 8.07 Å². The second-order valence-electron chi connectivity index (χ2n) is 8.59. The molecule has 0 amide bonds. The Labute approximate surface area is 210 Å². The van der Waals surface area contributed by atoms with Crippen LogP contribution in [0, 0.1) is 5.82 Å². The van der Waals surface area contributed by atoms with Crippen LogP contribution in [0.15, 0.2) is 56.1 Å². The van der Waals surface area contributed by atoms with E-state index in [4.69, 9.17) is 4.74 Å². The van der Waals surface area contributed by atoms with E-state index in [1.807, 2.05) is 32.2 Å². The van der Waals surface area contributed by atoms with Crippen molar-refractivity contribution >= 4 is 51.8 Å². The van der Waals surface area contributed by atoms with Crippen molar-refractivity contribution in [2.45, 2.75) is 52.1 Å². The highest BCUT2D eigenvalue weighted by molar-refractivity contribution is 9.28. The van der Waals surface area contributed by atoms with Crippen molar-refractivity contribution in [1.82, 2.24) is 10.2 Å². The van der Waals surface area contributed by atoms with E-state index >= 15 is 0 Å². The third-order valence-electron chi connectivity index (χ3n) is 4.99. The molecule has 1 unspecified atom stereocenters. The Morgan fingerprint density at radius 1 is 1.25 bits per heavy atom. The number of dihydropyridines is 1. The predicted molar refractivity (Wildman–Crippen MR) is 144 cm³/mol. The highest BCUT2D eigenvalue weighted by Gasteiger charge is 2.33. The molecular weight excluding hydrogens is 553 g/mol. The van der Waals surface area contributed by atoms with Crippen LogP contribution in [0.2, 0.25) is 25.7 Å². The Hall–Kier alpha value is -1.22. The number of allylic oxidation sites excluding steroid dienone is 2. The maximum atomic E-state index is 13.6. The molecule has 0 aliphatic carbocycles. The Kier molecular flexibility index (Phi) is 10.9. The van der Waals surface area contributed by atoms with Gasteiger partial charge in [-0.15, -0.1) is 0 Å². The van der Waals surface area contributed by atoms with E-state index in [9.17, 15) is 4.39 Å². The lowest BCUT2D eigenvalue weighted by Crippen LogP contribution is -2.37. The molecule has 8 heteroatoms. The molecule has 1 aromatic carbocycles. The molecule has 1 N–H and O–H groups in total. The molecule has 2 aliphatic heterocycles. The summed E-state index contributed by atoms with van der Waals surface area (Å²) in [5, 5.41) is 3.64. The molecule has 0 radical (unpaired) electrons. The lowest BCUT2D eigenvalue weighted by atomic mass is 10.0. The minimum atomic E-state index is -1.17. The Bertz CT molecular complexity index is 872. The first-order valence-corrected chi connectivity index (χ1v) is 16.4. The summed E-state index contributed by atoms with van der Waals surface area (Å²) in [5.41, 5.74) is 4.21. The third-order valence-corrected chi connectivity index (χ3v) is 7.23. The third kappa shape index (κ3) is 7.97. The molecule has 0 fully saturated rings. The number of halogens is 3. The van der Waals surface area contributed by atoms with E-state index in [2.05, 4.69) is 78.9 Å². The van der Waals surface area contributed by atoms with E-state index in [0.717, 1.165) is 46.0 Å². The summed E-state index contributed by atoms with van der Waals surface area (Å²) >= 11 is 6.99. The van der Waals surface area contributed by atoms with Gasteiger partial charge in [0.2, 0.25) is 0 Å². The Morgan fingerprint density at radius 2 is 1.94 bits per heavy atom. The standard InChI is InChI=1S/C22H28Br2FN3OSi.C2H6/c1-30(2,3)13-12-29-15-28-20(14-19(23)24)27-21(16-8-10-26-11-9-16)22(28)17-4-6-18(25)7-5-17;1-2/h4-8,10,14,20,27H,9,11-13,15H2,1-3H3;1-2H3. The number of hydrogen-bond donors (Lipinski definition) is 1. The van der Waals surface area contributed by atoms with Gasteiger partial charge >= 0.3 is 0 Å². The van der Waals surface area contributed by atoms with Crippen LogP contribution >= 0.6 is 31.9 Å². The molecular formula is C24H34Br2FN3OSi. The summed E-state index contributed by atoms with van der Waals surface area (Å²) in [4.78, 5) is 6.51. The van der Waals surface area contributed by atoms with Gasteiger partial charge in [-0.1, -0.05) is 33.5 Å². The molecule has 1 atom stereocenters. The second-order valence-corrected chi connectivity index (χ2v) is 17.0. The smallest absolute Gasteiger partial charge is 0.123 e. The zero-order valence-corrected chi connectivity index (χ0v) is 23.8. The molecule has 0 saturated heterocycles. The summed E-state index contributed by atoms with van der Waals surface area (Å²) in [7, 11) is -1.17. The molecule has 0 aromatic heterocycles. The molecule has 3 rings (SSSR count). The van der Waals surface area contributed by atoms with Crippen molar-refractivity contribution in [2.24, 2.45) is 4.99 Å². The molecule has 4 nitrogen and oxygen atoms in total. The molecule has 0 saturated carbocycles. The SMILES string of the molecule is CC.C[Si](C)(C)CCOCN1C(c2ccc(F)cc2)=C(C2=CC=NCC2)NC1C=C(Br)Br. The Balaban J connectivity index is 0.00000176. The van der Waals surface area contributed by atoms with Crippen molar-refractivity contribution in [1.29, 1.82) is 0 Å². The summed E-state index contributed by atoms with van der Waals surface area (Å²) in [6.07, 6.45) is 6.72. The molecule has 2 heterocycles. The van der Waals surface area contributed by atoms with Crippen molar-refractivity contribution in [2.75, 3.05) is 19.9 Å². The summed E-state index contributed by atoms with van der Waals surface area (Å²) < 4.78 is 20.6. The summed E-state index contributed by atoms with van der Waals surface area (Å²) in [5.74, 6) is -0.242. The van der Waals surface area contributed by atoms with Crippen LogP contribution in [0.1, 0.15) is 25.8 Å². The second kappa shape index (κ2) is 12.9. The van der Waals surface area contributed by atoms with E-state index in [1.54, 1.807) is 0 Å². The van der Waals surface area contributed by atoms with Crippen LogP contribution < -0.4 is 5.32 Å². The fraction of sp³-hybridized carbons (Fsp3) is 0.458. The lowest BCUT2D eigenvalue weighted by Gasteiger charge is -2.28. The van der Waals surface area contributed by atoms with Crippen LogP contribution in [-0.4, -0.2) is 45.2 Å². The monoisotopic (exact) mass is 585 g/mol. The summed E-state index contributed by atoms with van der Waals surface area (Å²) in [6, 6.07) is 7.78. The number of nitrogens with zero attached hydrogens (tertiary/aromatic N) is 2. The van der Waals surface area contributed by atoms with Crippen LogP contribution in [-0.2, 0) is 4.74 Å². The number of rotatable bonds is 8. The number of benzene rings is 1. The van der Waals surface area contributed by atoms with Gasteiger partial charge in [-0.2, -0.15) is 0 Å². The van der Waals surface area contributed by atoms with Gasteiger partial charge in [0, 0.05) is 33.0 Å². The first-order chi connectivity index (χ1) is 15.2. The zero-order valence-electron chi connectivity index (χ0n) is 19.6. The fourth-order valence-corrected chi connectivity index (χ4v) is 4.63. The van der Waals surface area contributed by atoms with E-state index in [0.29, 0.717) is 6.73 Å². The molecule has 0 bridgehead atoms. The fourth-order valence-electron chi connectivity index (χ4n) is 3.37. The average molecular weight is 587 g/mol. The molecule has 0 spiro atoms. The maximum absolute atomic E-state index is 13.6. The van der Waals surface area contributed by atoms with Gasteiger partial charge in [0.25, 0.3) is 0 Å². The zero-order chi connectivity index (χ0) is 23.7. The topological polar surface area (TPSA) is 36.9 Å². The average Bonchev–Trinajstić information content (AvgIpc) is 3.10. The number of nitrogens with one attached hydrogen (secondary N) is 1. The van der Waals surface area contributed by atoms with Gasteiger partial charge in [0.1, 0.15) is 18.7 Å². The van der Waals surface area contributed by atoms with Crippen molar-refractivity contribution in [3.63, 3.8) is 0 Å². The Morgan fingerprint density at radius 3 is 2.50 bits per heavy atom. The van der Waals surface area contributed by atoms with Crippen molar-refractivity contribution < 1.29 is 9.13 Å². The van der Waals surface area contributed by atoms with E-state index in [1.165, 1.54) is 17.7 Å². The van der Waals surface area contributed by atoms with Gasteiger partial charge in [-0.05, 0) is 86.3 Å². The molecule has 176 valence electrons. The van der Waals surface area contributed by atoms with Crippen molar-refractivity contribution in [3.05, 3.63) is 62.5 Å². The van der Waals surface area contributed by atoms with E-state index in [-0.39, 0.29) is 12.0 Å². The maximum Gasteiger partial charge on any atom is 0.123 e. The van der Waals surface area contributed by atoms with Gasteiger partial charge < -0.3 is 15.0 Å². The van der Waals surface area contributed by atoms with Crippen LogP contribution in [0.25, 0.3) is 5.70 Å². The van der Waals surface area contributed by atoms with Crippen molar-refractivity contribution in [3.8, 4) is 0 Å². The quantitative estimate of drug-likeness (QED) is 0.261. The normalized spacial score (nSPS) is 18.1. The first-order valence-electron chi connectivity index (χ1n) is 11.1. The van der Waals surface area contributed by atoms with Gasteiger partial charge in [-0.25, -0.2) is 4.39 Å². The molecule has 32 heavy (non-hydrogen) atoms. The molecule has 1 aromatic rings. The summed E-state index contributed by atoms with van der Waals surface area (Å²) in [6.45, 7) is 13.0. The molecule has 2 aliphatic rings. The lowest BCUT2D eigenvalue weighted by molar-refractivity contribution is 0.0577. The first kappa shape index (κ1) is 27.0. The van der Waals surface area contributed by atoms with Gasteiger partial charge in [0.05, 0.1) is 14.8 Å². The predicted octanol–water partition coefficient (Wildman–Crippen LogP) is 7.10. The van der Waals surface area contributed by atoms with Gasteiger partial charge in [0.15, 0.2) is 0 Å². The largest absolute Gasteiger partial charge is 0.361 e. The number of aliphatic imine (C=N–C) groups is 1. The minimum Gasteiger partial charge on any atom is -0.361 e. The van der Waals surface area contributed by atoms with Crippen LogP contribution in [0.5, 0.6) is 0 Å². The number of ether oxygens (including phenoxy) is 1.